The van der Waals surface area contributed by atoms with Gasteiger partial charge in [0.25, 0.3) is 0 Å². The Labute approximate surface area is 177 Å². The van der Waals surface area contributed by atoms with Gasteiger partial charge in [0.1, 0.15) is 0 Å². The first-order valence-corrected chi connectivity index (χ1v) is 13.2. The van der Waals surface area contributed by atoms with Crippen LogP contribution in [0.3, 0.4) is 0 Å². The van der Waals surface area contributed by atoms with Crippen molar-refractivity contribution in [2.45, 2.75) is 77.1 Å². The number of rotatable bonds is 6. The van der Waals surface area contributed by atoms with Crippen molar-refractivity contribution in [1.82, 2.24) is 0 Å². The first-order valence-electron chi connectivity index (χ1n) is 10.9. The highest BCUT2D eigenvalue weighted by Gasteiger charge is 2.55. The molecule has 0 aliphatic heterocycles. The summed E-state index contributed by atoms with van der Waals surface area (Å²) < 4.78 is 6.09. The Morgan fingerprint density at radius 2 is 1.45 bits per heavy atom. The van der Waals surface area contributed by atoms with E-state index in [1.54, 1.807) is 7.11 Å². The molecule has 0 N–H and O–H groups in total. The molecule has 3 rings (SSSR count). The van der Waals surface area contributed by atoms with E-state index >= 15 is 0 Å². The minimum atomic E-state index is -2.15. The molecule has 2 aromatic rings. The average molecular weight is 409 g/mol. The number of ether oxygens (including phenoxy) is 1. The van der Waals surface area contributed by atoms with E-state index in [9.17, 15) is 4.79 Å². The van der Waals surface area contributed by atoms with Crippen LogP contribution in [0.5, 0.6) is 0 Å². The molecule has 0 bridgehead atoms. The zero-order chi connectivity index (χ0) is 21.6. The Hall–Kier alpha value is -1.71. The van der Waals surface area contributed by atoms with E-state index in [0.29, 0.717) is 28.8 Å². The van der Waals surface area contributed by atoms with Gasteiger partial charge in [0.15, 0.2) is 5.78 Å². The number of benzene rings is 2. The molecule has 0 fully saturated rings. The van der Waals surface area contributed by atoms with Crippen molar-refractivity contribution in [3.05, 3.63) is 53.2 Å². The van der Waals surface area contributed by atoms with Gasteiger partial charge >= 0.3 is 0 Å². The lowest BCUT2D eigenvalue weighted by Crippen LogP contribution is -2.48. The van der Waals surface area contributed by atoms with E-state index in [1.165, 1.54) is 16.3 Å². The third-order valence-corrected chi connectivity index (χ3v) is 14.5. The Morgan fingerprint density at radius 1 is 0.897 bits per heavy atom. The van der Waals surface area contributed by atoms with Crippen molar-refractivity contribution in [2.75, 3.05) is 7.11 Å². The number of ketones is 1. The highest BCUT2D eigenvalue weighted by molar-refractivity contribution is 6.94. The van der Waals surface area contributed by atoms with E-state index < -0.39 is 13.7 Å². The van der Waals surface area contributed by atoms with Crippen LogP contribution >= 0.6 is 0 Å². The largest absolute Gasteiger partial charge is 0.373 e. The number of hydrogen-bond acceptors (Lipinski definition) is 2. The Balaban J connectivity index is 2.50. The quantitative estimate of drug-likeness (QED) is 0.473. The first kappa shape index (κ1) is 22.0. The summed E-state index contributed by atoms with van der Waals surface area (Å²) in [6.45, 7) is 16.1. The van der Waals surface area contributed by atoms with Crippen molar-refractivity contribution < 1.29 is 9.53 Å². The zero-order valence-electron chi connectivity index (χ0n) is 19.3. The van der Waals surface area contributed by atoms with Crippen molar-refractivity contribution in [3.8, 4) is 0 Å². The van der Waals surface area contributed by atoms with Gasteiger partial charge < -0.3 is 4.74 Å². The summed E-state index contributed by atoms with van der Waals surface area (Å²) in [4.78, 5) is 13.7. The maximum Gasteiger partial charge on any atom is 0.158 e. The van der Waals surface area contributed by atoms with Crippen LogP contribution < -0.4 is 0 Å². The van der Waals surface area contributed by atoms with Crippen LogP contribution in [0.4, 0.5) is 0 Å². The number of Topliss-reactive ketones (excluding diaryl/α,β-unsaturated/α-hetero) is 1. The molecule has 0 heterocycles. The molecule has 0 radical (unpaired) electrons. The van der Waals surface area contributed by atoms with Crippen LogP contribution in [0.2, 0.25) is 16.6 Å². The van der Waals surface area contributed by atoms with Gasteiger partial charge in [-0.3, -0.25) is 4.79 Å². The third-order valence-electron chi connectivity index (χ3n) is 7.36. The fraction of sp³-hybridized carbons (Fsp3) is 0.500. The van der Waals surface area contributed by atoms with E-state index in [-0.39, 0.29) is 0 Å². The van der Waals surface area contributed by atoms with Crippen LogP contribution in [-0.4, -0.2) is 26.6 Å². The van der Waals surface area contributed by atoms with E-state index in [1.807, 2.05) is 0 Å². The predicted octanol–water partition coefficient (Wildman–Crippen LogP) is 7.19. The fourth-order valence-electron chi connectivity index (χ4n) is 6.25. The number of carbonyl (C=O) groups is 1. The van der Waals surface area contributed by atoms with Crippen LogP contribution in [0.15, 0.2) is 47.7 Å². The molecule has 0 saturated heterocycles. The lowest BCUT2D eigenvalue weighted by Gasteiger charge is -2.45. The Morgan fingerprint density at radius 3 is 2.00 bits per heavy atom. The number of carbonyl (C=O) groups excluding carboxylic acids is 1. The van der Waals surface area contributed by atoms with Crippen molar-refractivity contribution in [1.29, 1.82) is 0 Å². The lowest BCUT2D eigenvalue weighted by molar-refractivity contribution is -0.117. The summed E-state index contributed by atoms with van der Waals surface area (Å²) in [7, 11) is -0.391. The normalized spacial score (nSPS) is 20.7. The van der Waals surface area contributed by atoms with E-state index in [2.05, 4.69) is 90.9 Å². The van der Waals surface area contributed by atoms with Crippen molar-refractivity contribution >= 4 is 30.2 Å². The van der Waals surface area contributed by atoms with Crippen molar-refractivity contribution in [3.63, 3.8) is 0 Å². The summed E-state index contributed by atoms with van der Waals surface area (Å²) in [5, 5.41) is 3.55. The Bertz CT molecular complexity index is 927. The van der Waals surface area contributed by atoms with Gasteiger partial charge in [0.05, 0.1) is 13.7 Å². The Kier molecular flexibility index (Phi) is 5.95. The summed E-state index contributed by atoms with van der Waals surface area (Å²) in [6, 6.07) is 14.9. The molecular formula is C26H36O2Si. The minimum absolute atomic E-state index is 0.306. The minimum Gasteiger partial charge on any atom is -0.373 e. The lowest BCUT2D eigenvalue weighted by atomic mass is 9.89. The molecule has 2 aromatic carbocycles. The van der Waals surface area contributed by atoms with Crippen LogP contribution in [-0.2, 0) is 9.53 Å². The smallest absolute Gasteiger partial charge is 0.158 e. The average Bonchev–Trinajstić information content (AvgIpc) is 2.92. The molecule has 3 heteroatoms. The number of allylic oxidation sites excluding steroid dienone is 1. The summed E-state index contributed by atoms with van der Waals surface area (Å²) in [6.07, 6.45) is 0.443. The van der Waals surface area contributed by atoms with E-state index in [4.69, 9.17) is 4.74 Å². The zero-order valence-corrected chi connectivity index (χ0v) is 20.3. The molecule has 1 aliphatic rings. The monoisotopic (exact) mass is 408 g/mol. The van der Waals surface area contributed by atoms with Gasteiger partial charge in [-0.15, -0.1) is 0 Å². The SMILES string of the molecule is CO[C@]1(C)CC(=O)C([Si](C(C)C)(C(C)C)C(C)C)=C1c1cccc2ccccc12. The molecule has 0 spiro atoms. The third kappa shape index (κ3) is 3.23. The standard InChI is InChI=1S/C26H36O2Si/c1-17(2)29(18(3)4,19(5)6)25-23(27)16-26(7,28-8)24(25)22-15-11-13-20-12-9-10-14-21(20)22/h9-15,17-19H,16H2,1-8H3/t26-/m1/s1. The topological polar surface area (TPSA) is 26.3 Å². The van der Waals surface area contributed by atoms with Crippen LogP contribution in [0.1, 0.15) is 60.5 Å². The fourth-order valence-corrected chi connectivity index (χ4v) is 13.4. The molecule has 2 nitrogen and oxygen atoms in total. The van der Waals surface area contributed by atoms with Gasteiger partial charge in [0.2, 0.25) is 0 Å². The molecule has 1 aliphatic carbocycles. The van der Waals surface area contributed by atoms with E-state index in [0.717, 1.165) is 10.8 Å². The molecular weight excluding hydrogens is 372 g/mol. The molecule has 29 heavy (non-hydrogen) atoms. The second kappa shape index (κ2) is 7.85. The maximum atomic E-state index is 13.7. The van der Waals surface area contributed by atoms with Crippen molar-refractivity contribution in [2.24, 2.45) is 0 Å². The second-order valence-electron chi connectivity index (χ2n) is 9.71. The summed E-state index contributed by atoms with van der Waals surface area (Å²) in [5.41, 5.74) is 3.19. The van der Waals surface area contributed by atoms with Crippen LogP contribution in [0, 0.1) is 0 Å². The molecule has 156 valence electrons. The van der Waals surface area contributed by atoms with Gasteiger partial charge in [-0.1, -0.05) is 84.0 Å². The molecule has 0 unspecified atom stereocenters. The summed E-state index contributed by atoms with van der Waals surface area (Å²) >= 11 is 0. The number of methoxy groups -OCH3 is 1. The van der Waals surface area contributed by atoms with Gasteiger partial charge in [-0.05, 0) is 50.7 Å². The predicted molar refractivity (Wildman–Crippen MR) is 127 cm³/mol. The molecule has 0 amide bonds. The maximum absolute atomic E-state index is 13.7. The van der Waals surface area contributed by atoms with Gasteiger partial charge in [0, 0.05) is 13.5 Å². The molecule has 1 atom stereocenters. The summed E-state index contributed by atoms with van der Waals surface area (Å²) in [5.74, 6) is 0.306. The number of fused-ring (bicyclic) bond motifs is 1. The highest BCUT2D eigenvalue weighted by Crippen LogP contribution is 2.55. The highest BCUT2D eigenvalue weighted by atomic mass is 28.3. The second-order valence-corrected chi connectivity index (χ2v) is 15.5. The van der Waals surface area contributed by atoms with Gasteiger partial charge in [-0.2, -0.15) is 0 Å². The van der Waals surface area contributed by atoms with Crippen LogP contribution in [0.25, 0.3) is 16.3 Å². The number of hydrogen-bond donors (Lipinski definition) is 0. The molecule has 0 aromatic heterocycles. The molecule has 0 saturated carbocycles. The van der Waals surface area contributed by atoms with Gasteiger partial charge in [-0.25, -0.2) is 0 Å². The first-order chi connectivity index (χ1) is 13.6.